The summed E-state index contributed by atoms with van der Waals surface area (Å²) in [7, 11) is 0. The van der Waals surface area contributed by atoms with Crippen molar-refractivity contribution in [3.63, 3.8) is 0 Å². The molecule has 1 amide bonds. The van der Waals surface area contributed by atoms with Gasteiger partial charge in [-0.3, -0.25) is 9.78 Å². The smallest absolute Gasteiger partial charge is 0.256 e. The number of aryl methyl sites for hydroxylation is 2. The summed E-state index contributed by atoms with van der Waals surface area (Å²) in [6.07, 6.45) is 8.34. The molecule has 1 saturated carbocycles. The van der Waals surface area contributed by atoms with Crippen molar-refractivity contribution in [1.82, 2.24) is 20.3 Å². The van der Waals surface area contributed by atoms with E-state index in [9.17, 15) is 4.79 Å². The Morgan fingerprint density at radius 1 is 1.29 bits per heavy atom. The normalized spacial score (nSPS) is 19.9. The summed E-state index contributed by atoms with van der Waals surface area (Å²) in [6, 6.07) is 3.94. The lowest BCUT2D eigenvalue weighted by Gasteiger charge is -2.25. The first-order valence-electron chi connectivity index (χ1n) is 9.81. The quantitative estimate of drug-likeness (QED) is 0.720. The van der Waals surface area contributed by atoms with Gasteiger partial charge < -0.3 is 15.1 Å². The number of nitrogens with one attached hydrogen (secondary N) is 2. The van der Waals surface area contributed by atoms with Crippen LogP contribution in [-0.2, 0) is 6.42 Å². The summed E-state index contributed by atoms with van der Waals surface area (Å²) in [4.78, 5) is 26.4. The fourth-order valence-electron chi connectivity index (χ4n) is 3.99. The Bertz CT molecular complexity index is 1070. The van der Waals surface area contributed by atoms with Gasteiger partial charge in [0.15, 0.2) is 0 Å². The van der Waals surface area contributed by atoms with Crippen LogP contribution in [0.2, 0.25) is 0 Å². The second-order valence-electron chi connectivity index (χ2n) is 8.09. The van der Waals surface area contributed by atoms with E-state index >= 15 is 0 Å². The molecule has 1 atom stereocenters. The van der Waals surface area contributed by atoms with Gasteiger partial charge in [-0.1, -0.05) is 6.07 Å². The van der Waals surface area contributed by atoms with Crippen LogP contribution in [0.1, 0.15) is 66.0 Å². The molecule has 2 aliphatic rings. The molecule has 7 heteroatoms. The van der Waals surface area contributed by atoms with E-state index in [0.29, 0.717) is 28.2 Å². The van der Waals surface area contributed by atoms with E-state index in [-0.39, 0.29) is 17.5 Å². The minimum absolute atomic E-state index is 0.0342. The van der Waals surface area contributed by atoms with Gasteiger partial charge >= 0.3 is 0 Å². The number of pyridine rings is 1. The van der Waals surface area contributed by atoms with E-state index in [4.69, 9.17) is 4.42 Å². The summed E-state index contributed by atoms with van der Waals surface area (Å²) in [5.41, 5.74) is 3.15. The average Bonchev–Trinajstić information content (AvgIpc) is 3.30. The Balaban J connectivity index is 1.51. The molecular weight excluding hydrogens is 354 g/mol. The van der Waals surface area contributed by atoms with Crippen LogP contribution in [-0.4, -0.2) is 26.4 Å². The number of anilines is 1. The van der Waals surface area contributed by atoms with Crippen LogP contribution >= 0.6 is 0 Å². The van der Waals surface area contributed by atoms with Gasteiger partial charge in [-0.05, 0) is 57.6 Å². The van der Waals surface area contributed by atoms with Crippen molar-refractivity contribution < 1.29 is 9.21 Å². The topological polar surface area (TPSA) is 92.9 Å². The maximum absolute atomic E-state index is 13.3. The molecule has 0 bridgehead atoms. The van der Waals surface area contributed by atoms with Crippen LogP contribution < -0.4 is 10.6 Å². The molecule has 0 saturated heterocycles. The van der Waals surface area contributed by atoms with Crippen LogP contribution in [0.3, 0.4) is 0 Å². The zero-order chi connectivity index (χ0) is 19.3. The van der Waals surface area contributed by atoms with E-state index < -0.39 is 0 Å². The highest BCUT2D eigenvalue weighted by molar-refractivity contribution is 6.10. The lowest BCUT2D eigenvalue weighted by molar-refractivity contribution is 0.0931. The third-order valence-corrected chi connectivity index (χ3v) is 5.81. The first-order chi connectivity index (χ1) is 13.5. The number of nitrogens with zero attached hydrogens (tertiary/aromatic N) is 3. The second kappa shape index (κ2) is 6.29. The minimum Gasteiger partial charge on any atom is -0.442 e. The molecule has 0 aromatic carbocycles. The molecule has 2 aliphatic carbocycles. The van der Waals surface area contributed by atoms with Crippen molar-refractivity contribution in [2.24, 2.45) is 0 Å². The predicted molar refractivity (Wildman–Crippen MR) is 105 cm³/mol. The van der Waals surface area contributed by atoms with Crippen molar-refractivity contribution in [3.05, 3.63) is 47.2 Å². The van der Waals surface area contributed by atoms with Crippen LogP contribution in [0.25, 0.3) is 11.1 Å². The molecule has 144 valence electrons. The van der Waals surface area contributed by atoms with Crippen molar-refractivity contribution in [2.45, 2.75) is 57.5 Å². The molecule has 0 radical (unpaired) electrons. The molecule has 3 heterocycles. The van der Waals surface area contributed by atoms with E-state index in [0.717, 1.165) is 37.8 Å². The largest absolute Gasteiger partial charge is 0.442 e. The van der Waals surface area contributed by atoms with Gasteiger partial charge in [0, 0.05) is 11.7 Å². The fraction of sp³-hybridized carbons (Fsp3) is 0.429. The highest BCUT2D eigenvalue weighted by atomic mass is 16.3. The van der Waals surface area contributed by atoms with Crippen molar-refractivity contribution in [2.75, 3.05) is 5.32 Å². The Morgan fingerprint density at radius 3 is 2.96 bits per heavy atom. The Labute approximate surface area is 163 Å². The number of aromatic nitrogens is 3. The SMILES string of the molecule is Cc1oc2ncnc(NC3(C)CC3)c2c1C(=O)NC1CCCc2cccnc21. The lowest BCUT2D eigenvalue weighted by atomic mass is 9.91. The Hall–Kier alpha value is -2.96. The molecule has 3 aromatic heterocycles. The molecule has 0 aliphatic heterocycles. The predicted octanol–water partition coefficient (Wildman–Crippen LogP) is 3.70. The van der Waals surface area contributed by atoms with Crippen LogP contribution in [0.5, 0.6) is 0 Å². The van der Waals surface area contributed by atoms with E-state index in [1.165, 1.54) is 11.9 Å². The zero-order valence-electron chi connectivity index (χ0n) is 16.1. The monoisotopic (exact) mass is 377 g/mol. The van der Waals surface area contributed by atoms with Crippen LogP contribution in [0.15, 0.2) is 29.1 Å². The van der Waals surface area contributed by atoms with Gasteiger partial charge in [0.05, 0.1) is 22.7 Å². The second-order valence-corrected chi connectivity index (χ2v) is 8.09. The van der Waals surface area contributed by atoms with Gasteiger partial charge in [-0.25, -0.2) is 9.97 Å². The zero-order valence-corrected chi connectivity index (χ0v) is 16.1. The molecule has 7 nitrogen and oxygen atoms in total. The van der Waals surface area contributed by atoms with E-state index in [1.807, 2.05) is 6.07 Å². The molecule has 3 aromatic rings. The van der Waals surface area contributed by atoms with Crippen LogP contribution in [0, 0.1) is 6.92 Å². The maximum atomic E-state index is 13.3. The number of carbonyl (C=O) groups is 1. The summed E-state index contributed by atoms with van der Waals surface area (Å²) in [5.74, 6) is 1.04. The number of hydrogen-bond donors (Lipinski definition) is 2. The summed E-state index contributed by atoms with van der Waals surface area (Å²) in [5, 5.41) is 7.29. The number of hydrogen-bond acceptors (Lipinski definition) is 6. The van der Waals surface area contributed by atoms with Crippen molar-refractivity contribution in [3.8, 4) is 0 Å². The number of carbonyl (C=O) groups excluding carboxylic acids is 1. The molecule has 28 heavy (non-hydrogen) atoms. The third-order valence-electron chi connectivity index (χ3n) is 5.81. The standard InChI is InChI=1S/C21H23N5O2/c1-12-15(16-18(26-21(2)8-9-21)23-11-24-20(16)28-12)19(27)25-14-7-3-5-13-6-4-10-22-17(13)14/h4,6,10-11,14H,3,5,7-9H2,1-2H3,(H,25,27)(H,23,24,26). The Kier molecular flexibility index (Phi) is 3.86. The maximum Gasteiger partial charge on any atom is 0.256 e. The number of furan rings is 1. The third kappa shape index (κ3) is 2.91. The number of amides is 1. The first kappa shape index (κ1) is 17.2. The van der Waals surface area contributed by atoms with Gasteiger partial charge in [0.25, 0.3) is 5.91 Å². The molecule has 5 rings (SSSR count). The van der Waals surface area contributed by atoms with E-state index in [2.05, 4.69) is 38.6 Å². The average molecular weight is 377 g/mol. The molecule has 2 N–H and O–H groups in total. The van der Waals surface area contributed by atoms with Gasteiger partial charge in [-0.2, -0.15) is 0 Å². The van der Waals surface area contributed by atoms with E-state index in [1.54, 1.807) is 13.1 Å². The number of fused-ring (bicyclic) bond motifs is 2. The fourth-order valence-corrected chi connectivity index (χ4v) is 3.99. The lowest BCUT2D eigenvalue weighted by Crippen LogP contribution is -2.32. The summed E-state index contributed by atoms with van der Waals surface area (Å²) < 4.78 is 5.79. The number of rotatable bonds is 4. The summed E-state index contributed by atoms with van der Waals surface area (Å²) >= 11 is 0. The van der Waals surface area contributed by atoms with Crippen LogP contribution in [0.4, 0.5) is 5.82 Å². The highest BCUT2D eigenvalue weighted by Crippen LogP contribution is 2.40. The minimum atomic E-state index is -0.168. The molecule has 0 spiro atoms. The highest BCUT2D eigenvalue weighted by Gasteiger charge is 2.38. The van der Waals surface area contributed by atoms with Crippen molar-refractivity contribution in [1.29, 1.82) is 0 Å². The van der Waals surface area contributed by atoms with Gasteiger partial charge in [0.2, 0.25) is 5.71 Å². The molecule has 1 fully saturated rings. The van der Waals surface area contributed by atoms with Gasteiger partial charge in [-0.15, -0.1) is 0 Å². The summed E-state index contributed by atoms with van der Waals surface area (Å²) in [6.45, 7) is 3.95. The van der Waals surface area contributed by atoms with Gasteiger partial charge in [0.1, 0.15) is 17.9 Å². The molecule has 1 unspecified atom stereocenters. The molecular formula is C21H23N5O2. The van der Waals surface area contributed by atoms with Crippen molar-refractivity contribution >= 4 is 22.8 Å². The first-order valence-corrected chi connectivity index (χ1v) is 9.81. The Morgan fingerprint density at radius 2 is 2.14 bits per heavy atom.